The molecule has 53 heavy (non-hydrogen) atoms. The number of aliphatic carboxylic acids is 1. The van der Waals surface area contributed by atoms with Crippen LogP contribution in [-0.2, 0) is 4.79 Å². The van der Waals surface area contributed by atoms with Crippen LogP contribution >= 0.6 is 0 Å². The highest BCUT2D eigenvalue weighted by Gasteiger charge is 2.72. The number of aliphatic hydroxyl groups is 3. The van der Waals surface area contributed by atoms with E-state index in [1.807, 2.05) is 0 Å². The van der Waals surface area contributed by atoms with Crippen molar-refractivity contribution in [3.05, 3.63) is 11.6 Å². The lowest BCUT2D eigenvalue weighted by molar-refractivity contribution is -0.305. The Bertz CT molecular complexity index is 1190. The van der Waals surface area contributed by atoms with Crippen LogP contribution in [0, 0.1) is 45.3 Å². The van der Waals surface area contributed by atoms with E-state index in [-0.39, 0.29) is 46.0 Å². The number of carboxylic acid groups (broad SMARTS) is 1. The average Bonchev–Trinajstić information content (AvgIpc) is 3.42. The third-order valence-electron chi connectivity index (χ3n) is 17.2. The van der Waals surface area contributed by atoms with Crippen LogP contribution in [0.2, 0.25) is 0 Å². The highest BCUT2D eigenvalue weighted by atomic mass is 16.4. The fourth-order valence-electron chi connectivity index (χ4n) is 13.8. The molecule has 4 saturated carbocycles. The summed E-state index contributed by atoms with van der Waals surface area (Å²) in [6.07, 6.45) is 30.1. The molecule has 4 fully saturated rings. The molecule has 0 aromatic carbocycles. The Kier molecular flexibility index (Phi) is 15.7. The predicted molar refractivity (Wildman–Crippen MR) is 218 cm³/mol. The minimum atomic E-state index is -0.918. The number of fused-ring (bicyclic) bond motifs is 5. The summed E-state index contributed by atoms with van der Waals surface area (Å²) in [5, 5.41) is 47.1. The molecule has 0 radical (unpaired) electrons. The van der Waals surface area contributed by atoms with Crippen LogP contribution in [0.25, 0.3) is 0 Å². The molecule has 0 aliphatic heterocycles. The van der Waals surface area contributed by atoms with Gasteiger partial charge in [0, 0.05) is 5.97 Å². The molecule has 0 aromatic heterocycles. The van der Waals surface area contributed by atoms with Crippen LogP contribution in [-0.4, -0.2) is 38.6 Å². The number of carboxylic acids is 1. The van der Waals surface area contributed by atoms with Crippen LogP contribution in [0.15, 0.2) is 11.6 Å². The van der Waals surface area contributed by atoms with E-state index >= 15 is 0 Å². The van der Waals surface area contributed by atoms with E-state index in [1.165, 1.54) is 76.2 Å². The minimum absolute atomic E-state index is 0.00158. The number of hydrogen-bond donors (Lipinski definition) is 3. The first-order valence-electron chi connectivity index (χ1n) is 22.8. The van der Waals surface area contributed by atoms with Crippen molar-refractivity contribution in [1.82, 2.24) is 0 Å². The van der Waals surface area contributed by atoms with Gasteiger partial charge in [0.05, 0.1) is 17.3 Å². The fourth-order valence-corrected chi connectivity index (χ4v) is 13.8. The standard InChI is InChI=1S/C48H86O5/c1-36(2)25-24-29-47(8,52)37-27-31-45(6)38(37)35-39(49)42-44(5)33-34-48(53,43(3,4)40(44)28-32-46(42,45)7)30-23-21-19-17-15-13-11-9-10-12-14-16-18-20-22-26-41(50)51/h25,37-40,42,49,52-53H,9-24,26-35H2,1-8H3,(H,50,51)/p-1/t37-,38+,39+,40-,42+,44-,45+,46+,47-,48-/m0/s1. The van der Waals surface area contributed by atoms with Gasteiger partial charge in [0.15, 0.2) is 0 Å². The summed E-state index contributed by atoms with van der Waals surface area (Å²) in [5.41, 5.74) is -0.0948. The van der Waals surface area contributed by atoms with Gasteiger partial charge in [-0.25, -0.2) is 0 Å². The Labute approximate surface area is 327 Å². The first-order chi connectivity index (χ1) is 24.9. The van der Waals surface area contributed by atoms with Gasteiger partial charge in [-0.15, -0.1) is 0 Å². The van der Waals surface area contributed by atoms with E-state index in [1.54, 1.807) is 0 Å². The van der Waals surface area contributed by atoms with Crippen molar-refractivity contribution < 1.29 is 25.2 Å². The lowest BCUT2D eigenvalue weighted by Crippen LogP contribution is -2.69. The second-order valence-electron chi connectivity index (χ2n) is 21.1. The molecule has 4 aliphatic rings. The minimum Gasteiger partial charge on any atom is -0.550 e. The smallest absolute Gasteiger partial charge is 0.0701 e. The molecule has 0 amide bonds. The van der Waals surface area contributed by atoms with E-state index < -0.39 is 17.2 Å². The van der Waals surface area contributed by atoms with Crippen LogP contribution < -0.4 is 5.11 Å². The van der Waals surface area contributed by atoms with E-state index in [0.717, 1.165) is 89.9 Å². The zero-order valence-electron chi connectivity index (χ0n) is 36.0. The summed E-state index contributed by atoms with van der Waals surface area (Å²) in [6.45, 7) is 18.7. The molecule has 0 unspecified atom stereocenters. The summed E-state index contributed by atoms with van der Waals surface area (Å²) < 4.78 is 0. The number of allylic oxidation sites excluding steroid dienone is 2. The quantitative estimate of drug-likeness (QED) is 0.0757. The Morgan fingerprint density at radius 1 is 0.755 bits per heavy atom. The molecule has 10 atom stereocenters. The van der Waals surface area contributed by atoms with Crippen molar-refractivity contribution in [3.63, 3.8) is 0 Å². The topological polar surface area (TPSA) is 101 Å². The summed E-state index contributed by atoms with van der Waals surface area (Å²) in [5.74, 6) is 0.287. The van der Waals surface area contributed by atoms with Gasteiger partial charge < -0.3 is 25.2 Å². The van der Waals surface area contributed by atoms with Gasteiger partial charge in [-0.05, 0) is 143 Å². The molecule has 4 aliphatic carbocycles. The molecule has 0 aromatic rings. The zero-order valence-corrected chi connectivity index (χ0v) is 36.0. The Balaban J connectivity index is 1.22. The normalized spacial score (nSPS) is 37.3. The summed E-state index contributed by atoms with van der Waals surface area (Å²) in [6, 6.07) is 0. The lowest BCUT2D eigenvalue weighted by Gasteiger charge is -2.72. The number of hydrogen-bond acceptors (Lipinski definition) is 5. The van der Waals surface area contributed by atoms with Gasteiger partial charge in [0.25, 0.3) is 0 Å². The highest BCUT2D eigenvalue weighted by Crippen LogP contribution is 2.76. The summed E-state index contributed by atoms with van der Waals surface area (Å²) in [4.78, 5) is 10.5. The number of carbonyl (C=O) groups excluding carboxylic acids is 1. The Morgan fingerprint density at radius 2 is 1.26 bits per heavy atom. The molecular formula is C48H85O5-. The van der Waals surface area contributed by atoms with Crippen molar-refractivity contribution >= 4 is 5.97 Å². The third-order valence-corrected chi connectivity index (χ3v) is 17.2. The lowest BCUT2D eigenvalue weighted by atomic mass is 9.33. The van der Waals surface area contributed by atoms with Crippen LogP contribution in [0.3, 0.4) is 0 Å². The average molecular weight is 742 g/mol. The number of rotatable bonds is 22. The maximum Gasteiger partial charge on any atom is 0.0701 e. The first-order valence-corrected chi connectivity index (χ1v) is 22.8. The molecule has 0 spiro atoms. The maximum atomic E-state index is 12.4. The molecule has 0 bridgehead atoms. The largest absolute Gasteiger partial charge is 0.550 e. The van der Waals surface area contributed by atoms with Gasteiger partial charge in [-0.3, -0.25) is 0 Å². The SMILES string of the molecule is CC(C)=CCC[C@](C)(O)[C@H]1CC[C@]2(C)[C@@H]1C[C@@H](O)[C@@H]1[C@@]3(C)CC[C@@](O)(CCCCCCCCCCCCCCCCCC(=O)[O-])C(C)(C)[C@@H]3CC[C@]12C. The predicted octanol–water partition coefficient (Wildman–Crippen LogP) is 11.3. The van der Waals surface area contributed by atoms with E-state index in [9.17, 15) is 25.2 Å². The molecule has 0 heterocycles. The van der Waals surface area contributed by atoms with Crippen molar-refractivity contribution in [3.8, 4) is 0 Å². The van der Waals surface area contributed by atoms with Crippen molar-refractivity contribution in [1.29, 1.82) is 0 Å². The van der Waals surface area contributed by atoms with Crippen molar-refractivity contribution in [2.45, 2.75) is 240 Å². The van der Waals surface area contributed by atoms with E-state index in [0.29, 0.717) is 11.8 Å². The summed E-state index contributed by atoms with van der Waals surface area (Å²) in [7, 11) is 0. The first kappa shape index (κ1) is 44.8. The second-order valence-corrected chi connectivity index (χ2v) is 21.1. The summed E-state index contributed by atoms with van der Waals surface area (Å²) >= 11 is 0. The number of aliphatic hydroxyl groups excluding tert-OH is 1. The third kappa shape index (κ3) is 9.80. The van der Waals surface area contributed by atoms with Gasteiger partial charge in [-0.2, -0.15) is 0 Å². The fraction of sp³-hybridized carbons (Fsp3) is 0.938. The Morgan fingerprint density at radius 3 is 1.79 bits per heavy atom. The van der Waals surface area contributed by atoms with Crippen molar-refractivity contribution in [2.75, 3.05) is 0 Å². The molecule has 308 valence electrons. The van der Waals surface area contributed by atoms with Gasteiger partial charge in [-0.1, -0.05) is 136 Å². The molecule has 0 saturated heterocycles. The second kappa shape index (κ2) is 18.6. The van der Waals surface area contributed by atoms with Crippen LogP contribution in [0.4, 0.5) is 0 Å². The molecule has 5 heteroatoms. The molecular weight excluding hydrogens is 657 g/mol. The monoisotopic (exact) mass is 742 g/mol. The maximum absolute atomic E-state index is 12.4. The highest BCUT2D eigenvalue weighted by molar-refractivity contribution is 5.64. The number of carbonyl (C=O) groups is 1. The molecule has 5 nitrogen and oxygen atoms in total. The zero-order chi connectivity index (χ0) is 39.1. The van der Waals surface area contributed by atoms with Gasteiger partial charge >= 0.3 is 0 Å². The van der Waals surface area contributed by atoms with Crippen LogP contribution in [0.5, 0.6) is 0 Å². The van der Waals surface area contributed by atoms with Crippen molar-refractivity contribution in [2.24, 2.45) is 45.3 Å². The van der Waals surface area contributed by atoms with E-state index in [4.69, 9.17) is 0 Å². The van der Waals surface area contributed by atoms with E-state index in [2.05, 4.69) is 61.5 Å². The van der Waals surface area contributed by atoms with Crippen LogP contribution in [0.1, 0.15) is 222 Å². The molecule has 4 rings (SSSR count). The van der Waals surface area contributed by atoms with Gasteiger partial charge in [0.1, 0.15) is 0 Å². The Hall–Kier alpha value is -0.910. The van der Waals surface area contributed by atoms with Gasteiger partial charge in [0.2, 0.25) is 0 Å². The molecule has 3 N–H and O–H groups in total. The number of unbranched alkanes of at least 4 members (excludes halogenated alkanes) is 14.